The van der Waals surface area contributed by atoms with E-state index in [1.807, 2.05) is 0 Å². The van der Waals surface area contributed by atoms with Crippen LogP contribution in [-0.2, 0) is 65.4 Å². The van der Waals surface area contributed by atoms with Crippen molar-refractivity contribution in [3.63, 3.8) is 0 Å². The minimum absolute atomic E-state index is 0.106. The molecule has 19 heteroatoms. The zero-order valence-electron chi connectivity index (χ0n) is 63.0. The summed E-state index contributed by atoms with van der Waals surface area (Å²) in [7, 11) is -9.91. The second kappa shape index (κ2) is 66.3. The van der Waals surface area contributed by atoms with E-state index in [9.17, 15) is 43.2 Å². The first-order valence-electron chi connectivity index (χ1n) is 39.7. The standard InChI is InChI=1S/C77H150O17P2/c1-9-70(8)56-48-40-31-25-19-12-10-11-13-20-27-33-43-51-59-77(82)94-73(64-88-75(80)58-50-42-36-35-39-47-55-69(6)7)66-92-96(85,86)90-62-71(78)61-89-95(83,84)91-65-72(63-87-74(79)57-49-41-32-26-22-16-18-24-30-38-46-54-68(4)5)93-76(81)60-52-44-34-28-21-15-14-17-23-29-37-45-53-67(2)3/h67-73,78H,9-66H2,1-8H3,(H,83,84)(H,85,86)/t70?,71-,72-,73-/m1/s1. The Morgan fingerprint density at radius 2 is 0.500 bits per heavy atom. The van der Waals surface area contributed by atoms with Crippen molar-refractivity contribution in [2.75, 3.05) is 39.6 Å². The number of ether oxygens (including phenoxy) is 4. The molecule has 3 unspecified atom stereocenters. The van der Waals surface area contributed by atoms with E-state index < -0.39 is 97.5 Å². The Kier molecular flexibility index (Phi) is 65.0. The van der Waals surface area contributed by atoms with Gasteiger partial charge < -0.3 is 33.8 Å². The first-order valence-corrected chi connectivity index (χ1v) is 42.7. The van der Waals surface area contributed by atoms with Crippen LogP contribution in [0.4, 0.5) is 0 Å². The van der Waals surface area contributed by atoms with Gasteiger partial charge in [-0.3, -0.25) is 37.3 Å². The SMILES string of the molecule is CCC(C)CCCCCCCCCCCCCCCCC(=O)O[C@H](COC(=O)CCCCCCCCC(C)C)COP(=O)(O)OC[C@H](O)COP(=O)(O)OC[C@@H](COC(=O)CCCCCCCCCCCCCC(C)C)OC(=O)CCCCCCCCCCCCCCC(C)C. The monoisotopic (exact) mass is 1410 g/mol. The molecule has 0 heterocycles. The molecule has 0 aromatic carbocycles. The second-order valence-corrected chi connectivity index (χ2v) is 32.3. The Morgan fingerprint density at radius 1 is 0.292 bits per heavy atom. The van der Waals surface area contributed by atoms with Crippen molar-refractivity contribution in [2.45, 2.75) is 408 Å². The number of hydrogen-bond donors (Lipinski definition) is 3. The minimum Gasteiger partial charge on any atom is -0.462 e. The smallest absolute Gasteiger partial charge is 0.462 e. The van der Waals surface area contributed by atoms with E-state index in [1.54, 1.807) is 0 Å². The summed E-state index contributed by atoms with van der Waals surface area (Å²) in [5.74, 6) is 0.952. The zero-order valence-corrected chi connectivity index (χ0v) is 64.8. The van der Waals surface area contributed by atoms with E-state index in [2.05, 4.69) is 55.4 Å². The molecule has 0 aliphatic heterocycles. The molecule has 570 valence electrons. The van der Waals surface area contributed by atoms with E-state index in [1.165, 1.54) is 186 Å². The number of hydrogen-bond acceptors (Lipinski definition) is 15. The van der Waals surface area contributed by atoms with Crippen molar-refractivity contribution < 1.29 is 80.2 Å². The number of aliphatic hydroxyl groups excluding tert-OH is 1. The summed E-state index contributed by atoms with van der Waals surface area (Å²) in [5, 5.41) is 10.6. The summed E-state index contributed by atoms with van der Waals surface area (Å²) in [5.41, 5.74) is 0. The van der Waals surface area contributed by atoms with E-state index >= 15 is 0 Å². The van der Waals surface area contributed by atoms with E-state index in [4.69, 9.17) is 37.0 Å². The quantitative estimate of drug-likeness (QED) is 0.0222. The molecule has 0 bridgehead atoms. The number of unbranched alkanes of at least 4 members (excludes halogenated alkanes) is 39. The molecule has 6 atom stereocenters. The number of carbonyl (C=O) groups excluding carboxylic acids is 4. The molecule has 96 heavy (non-hydrogen) atoms. The van der Waals surface area contributed by atoms with Crippen molar-refractivity contribution in [1.29, 1.82) is 0 Å². The van der Waals surface area contributed by atoms with Crippen LogP contribution in [0.1, 0.15) is 389 Å². The zero-order chi connectivity index (χ0) is 71.0. The first-order chi connectivity index (χ1) is 46.1. The Balaban J connectivity index is 5.23. The third-order valence-corrected chi connectivity index (χ3v) is 20.1. The maximum absolute atomic E-state index is 13.1. The second-order valence-electron chi connectivity index (χ2n) is 29.4. The van der Waals surface area contributed by atoms with Gasteiger partial charge in [0.15, 0.2) is 12.2 Å². The molecule has 0 aliphatic carbocycles. The molecule has 0 fully saturated rings. The fraction of sp³-hybridized carbons (Fsp3) is 0.948. The molecule has 17 nitrogen and oxygen atoms in total. The molecule has 0 amide bonds. The Bertz CT molecular complexity index is 1890. The molecule has 3 N–H and O–H groups in total. The van der Waals surface area contributed by atoms with Gasteiger partial charge in [-0.1, -0.05) is 338 Å². The van der Waals surface area contributed by atoms with Gasteiger partial charge in [-0.2, -0.15) is 0 Å². The van der Waals surface area contributed by atoms with E-state index in [0.29, 0.717) is 31.6 Å². The molecule has 0 saturated heterocycles. The lowest BCUT2D eigenvalue weighted by atomic mass is 9.99. The number of rotatable bonds is 74. The Labute approximate surface area is 588 Å². The van der Waals surface area contributed by atoms with Crippen LogP contribution in [0.25, 0.3) is 0 Å². The molecular formula is C77H150O17P2. The normalized spacial score (nSPS) is 14.4. The third-order valence-electron chi connectivity index (χ3n) is 18.2. The molecule has 0 aromatic heterocycles. The predicted molar refractivity (Wildman–Crippen MR) is 391 cm³/mol. The summed E-state index contributed by atoms with van der Waals surface area (Å²) in [6, 6.07) is 0. The van der Waals surface area contributed by atoms with Gasteiger partial charge in [-0.05, 0) is 49.4 Å². The van der Waals surface area contributed by atoms with E-state index in [0.717, 1.165) is 114 Å². The average molecular weight is 1410 g/mol. The fourth-order valence-corrected chi connectivity index (χ4v) is 13.3. The van der Waals surface area contributed by atoms with Crippen LogP contribution in [0, 0.1) is 23.7 Å². The lowest BCUT2D eigenvalue weighted by Crippen LogP contribution is -2.30. The number of phosphoric ester groups is 2. The fourth-order valence-electron chi connectivity index (χ4n) is 11.7. The van der Waals surface area contributed by atoms with Crippen LogP contribution in [0.2, 0.25) is 0 Å². The van der Waals surface area contributed by atoms with Gasteiger partial charge in [0.2, 0.25) is 0 Å². The molecular weight excluding hydrogens is 1260 g/mol. The maximum Gasteiger partial charge on any atom is 0.472 e. The lowest BCUT2D eigenvalue weighted by molar-refractivity contribution is -0.161. The van der Waals surface area contributed by atoms with Crippen LogP contribution >= 0.6 is 15.6 Å². The van der Waals surface area contributed by atoms with Gasteiger partial charge in [-0.15, -0.1) is 0 Å². The van der Waals surface area contributed by atoms with E-state index in [-0.39, 0.29) is 25.7 Å². The van der Waals surface area contributed by atoms with Crippen molar-refractivity contribution in [3.8, 4) is 0 Å². The largest absolute Gasteiger partial charge is 0.472 e. The molecule has 0 saturated carbocycles. The van der Waals surface area contributed by atoms with Crippen molar-refractivity contribution >= 4 is 39.5 Å². The van der Waals surface area contributed by atoms with Crippen LogP contribution in [0.5, 0.6) is 0 Å². The van der Waals surface area contributed by atoms with Crippen LogP contribution in [-0.4, -0.2) is 96.7 Å². The minimum atomic E-state index is -4.96. The van der Waals surface area contributed by atoms with Gasteiger partial charge in [0, 0.05) is 25.7 Å². The number of aliphatic hydroxyl groups is 1. The molecule has 0 aromatic rings. The Hall–Kier alpha value is -1.94. The van der Waals surface area contributed by atoms with Crippen molar-refractivity contribution in [2.24, 2.45) is 23.7 Å². The molecule has 0 radical (unpaired) electrons. The number of carbonyl (C=O) groups is 4. The Morgan fingerprint density at radius 3 is 0.740 bits per heavy atom. The van der Waals surface area contributed by atoms with Crippen LogP contribution < -0.4 is 0 Å². The summed E-state index contributed by atoms with van der Waals surface area (Å²) in [6.07, 6.45) is 51.4. The lowest BCUT2D eigenvalue weighted by Gasteiger charge is -2.21. The summed E-state index contributed by atoms with van der Waals surface area (Å²) >= 11 is 0. The summed E-state index contributed by atoms with van der Waals surface area (Å²) in [6.45, 7) is 14.2. The van der Waals surface area contributed by atoms with Gasteiger partial charge in [0.1, 0.15) is 19.3 Å². The summed E-state index contributed by atoms with van der Waals surface area (Å²) < 4.78 is 68.5. The van der Waals surface area contributed by atoms with Gasteiger partial charge in [0.25, 0.3) is 0 Å². The predicted octanol–water partition coefficient (Wildman–Crippen LogP) is 22.4. The van der Waals surface area contributed by atoms with Gasteiger partial charge in [-0.25, -0.2) is 9.13 Å². The number of phosphoric acid groups is 2. The van der Waals surface area contributed by atoms with Crippen molar-refractivity contribution in [3.05, 3.63) is 0 Å². The first kappa shape index (κ1) is 94.1. The topological polar surface area (TPSA) is 237 Å². The molecule has 0 spiro atoms. The van der Waals surface area contributed by atoms with Crippen LogP contribution in [0.3, 0.4) is 0 Å². The average Bonchev–Trinajstić information content (AvgIpc) is 1.26. The van der Waals surface area contributed by atoms with Crippen molar-refractivity contribution in [1.82, 2.24) is 0 Å². The van der Waals surface area contributed by atoms with Gasteiger partial charge in [0.05, 0.1) is 26.4 Å². The van der Waals surface area contributed by atoms with Crippen LogP contribution in [0.15, 0.2) is 0 Å². The number of esters is 4. The highest BCUT2D eigenvalue weighted by atomic mass is 31.2. The highest BCUT2D eigenvalue weighted by Gasteiger charge is 2.30. The maximum atomic E-state index is 13.1. The summed E-state index contributed by atoms with van der Waals surface area (Å²) in [4.78, 5) is 72.8. The third kappa shape index (κ3) is 69.2. The molecule has 0 rings (SSSR count). The van der Waals surface area contributed by atoms with Gasteiger partial charge >= 0.3 is 39.5 Å². The highest BCUT2D eigenvalue weighted by Crippen LogP contribution is 2.45. The highest BCUT2D eigenvalue weighted by molar-refractivity contribution is 7.47. The molecule has 0 aliphatic rings.